The van der Waals surface area contributed by atoms with Gasteiger partial charge in [0.25, 0.3) is 0 Å². The summed E-state index contributed by atoms with van der Waals surface area (Å²) in [6.45, 7) is 3.00. The first-order chi connectivity index (χ1) is 9.20. The molecule has 0 bridgehead atoms. The van der Waals surface area contributed by atoms with Crippen LogP contribution in [0.25, 0.3) is 0 Å². The molecule has 102 valence electrons. The number of halogens is 2. The molecule has 0 spiro atoms. The summed E-state index contributed by atoms with van der Waals surface area (Å²) in [5, 5.41) is 3.86. The average molecular weight is 300 g/mol. The Bertz CT molecular complexity index is 519. The molecule has 0 fully saturated rings. The van der Waals surface area contributed by atoms with Crippen LogP contribution in [0.15, 0.2) is 24.4 Å². The van der Waals surface area contributed by atoms with Crippen LogP contribution in [0.1, 0.15) is 30.6 Å². The van der Waals surface area contributed by atoms with Crippen molar-refractivity contribution < 1.29 is 4.39 Å². The number of nitrogens with zero attached hydrogens (tertiary/aromatic N) is 2. The molecule has 1 N–H and O–H groups in total. The lowest BCUT2D eigenvalue weighted by Gasteiger charge is -2.16. The van der Waals surface area contributed by atoms with Gasteiger partial charge in [0.2, 0.25) is 0 Å². The lowest BCUT2D eigenvalue weighted by atomic mass is 10.0. The third-order valence-electron chi connectivity index (χ3n) is 2.82. The Kier molecular flexibility index (Phi) is 5.24. The van der Waals surface area contributed by atoms with Gasteiger partial charge in [-0.05, 0) is 37.1 Å². The third-order valence-corrected chi connectivity index (χ3v) is 3.66. The zero-order chi connectivity index (χ0) is 13.7. The molecule has 1 atom stereocenters. The Morgan fingerprint density at radius 1 is 1.47 bits per heavy atom. The van der Waals surface area contributed by atoms with Gasteiger partial charge < -0.3 is 5.32 Å². The van der Waals surface area contributed by atoms with Gasteiger partial charge in [0.1, 0.15) is 5.82 Å². The highest BCUT2D eigenvalue weighted by molar-refractivity contribution is 6.99. The smallest absolute Gasteiger partial charge is 0.124 e. The molecule has 1 aromatic carbocycles. The Morgan fingerprint density at radius 2 is 2.32 bits per heavy atom. The van der Waals surface area contributed by atoms with E-state index < -0.39 is 0 Å². The van der Waals surface area contributed by atoms with Crippen LogP contribution in [0.3, 0.4) is 0 Å². The molecule has 1 aromatic heterocycles. The number of rotatable bonds is 6. The third kappa shape index (κ3) is 3.96. The van der Waals surface area contributed by atoms with E-state index in [1.165, 1.54) is 23.9 Å². The second kappa shape index (κ2) is 6.93. The number of nitrogens with one attached hydrogen (secondary N) is 1. The fourth-order valence-electron chi connectivity index (χ4n) is 1.83. The molecular formula is C13H15ClFN3S. The van der Waals surface area contributed by atoms with Gasteiger partial charge in [-0.3, -0.25) is 0 Å². The first kappa shape index (κ1) is 14.4. The van der Waals surface area contributed by atoms with Gasteiger partial charge in [-0.25, -0.2) is 4.39 Å². The maximum absolute atomic E-state index is 13.0. The van der Waals surface area contributed by atoms with Crippen LogP contribution in [-0.2, 0) is 6.42 Å². The maximum atomic E-state index is 13.0. The van der Waals surface area contributed by atoms with Gasteiger partial charge in [-0.15, -0.1) is 0 Å². The molecule has 0 saturated carbocycles. The van der Waals surface area contributed by atoms with E-state index in [2.05, 4.69) is 21.0 Å². The number of aromatic nitrogens is 2. The number of hydrogen-bond acceptors (Lipinski definition) is 4. The standard InChI is InChI=1S/C13H15ClFN3S/c1-2-5-16-12(13-8-17-19-18-13)6-9-3-4-10(15)7-11(9)14/h3-4,7-8,12,16H,2,5-6H2,1H3. The molecule has 2 rings (SSSR count). The predicted octanol–water partition coefficient (Wildman–Crippen LogP) is 3.61. The summed E-state index contributed by atoms with van der Waals surface area (Å²) < 4.78 is 21.3. The van der Waals surface area contributed by atoms with E-state index in [0.29, 0.717) is 11.4 Å². The van der Waals surface area contributed by atoms with E-state index in [0.717, 1.165) is 24.2 Å². The van der Waals surface area contributed by atoms with Gasteiger partial charge >= 0.3 is 0 Å². The van der Waals surface area contributed by atoms with E-state index in [9.17, 15) is 4.39 Å². The van der Waals surface area contributed by atoms with Crippen LogP contribution in [0, 0.1) is 5.82 Å². The average Bonchev–Trinajstić information content (AvgIpc) is 2.90. The number of benzene rings is 1. The van der Waals surface area contributed by atoms with E-state index in [1.54, 1.807) is 12.3 Å². The van der Waals surface area contributed by atoms with E-state index in [4.69, 9.17) is 11.6 Å². The minimum absolute atomic E-state index is 0.0571. The van der Waals surface area contributed by atoms with Gasteiger partial charge in [-0.2, -0.15) is 8.75 Å². The molecule has 19 heavy (non-hydrogen) atoms. The van der Waals surface area contributed by atoms with Crippen LogP contribution in [0.5, 0.6) is 0 Å². The molecule has 0 amide bonds. The van der Waals surface area contributed by atoms with Crippen LogP contribution < -0.4 is 5.32 Å². The lowest BCUT2D eigenvalue weighted by Crippen LogP contribution is -2.24. The minimum Gasteiger partial charge on any atom is -0.308 e. The van der Waals surface area contributed by atoms with E-state index in [-0.39, 0.29) is 11.9 Å². The first-order valence-corrected chi connectivity index (χ1v) is 7.26. The van der Waals surface area contributed by atoms with Crippen molar-refractivity contribution in [3.8, 4) is 0 Å². The Morgan fingerprint density at radius 3 is 2.95 bits per heavy atom. The van der Waals surface area contributed by atoms with Gasteiger partial charge in [0.15, 0.2) is 0 Å². The molecule has 1 unspecified atom stereocenters. The van der Waals surface area contributed by atoms with Crippen molar-refractivity contribution in [1.29, 1.82) is 0 Å². The van der Waals surface area contributed by atoms with E-state index >= 15 is 0 Å². The largest absolute Gasteiger partial charge is 0.308 e. The van der Waals surface area contributed by atoms with Gasteiger partial charge in [0, 0.05) is 5.02 Å². The summed E-state index contributed by atoms with van der Waals surface area (Å²) in [7, 11) is 0. The highest BCUT2D eigenvalue weighted by Crippen LogP contribution is 2.23. The van der Waals surface area contributed by atoms with Crippen LogP contribution >= 0.6 is 23.3 Å². The summed E-state index contributed by atoms with van der Waals surface area (Å²) in [4.78, 5) is 0. The highest BCUT2D eigenvalue weighted by Gasteiger charge is 2.16. The van der Waals surface area contributed by atoms with E-state index in [1.807, 2.05) is 0 Å². The zero-order valence-electron chi connectivity index (χ0n) is 10.6. The van der Waals surface area contributed by atoms with Gasteiger partial charge in [-0.1, -0.05) is 24.6 Å². The second-order valence-electron chi connectivity index (χ2n) is 4.28. The summed E-state index contributed by atoms with van der Waals surface area (Å²) in [6.07, 6.45) is 3.46. The van der Waals surface area contributed by atoms with Crippen molar-refractivity contribution >= 4 is 23.3 Å². The molecule has 0 radical (unpaired) electrons. The van der Waals surface area contributed by atoms with Crippen LogP contribution in [0.4, 0.5) is 4.39 Å². The predicted molar refractivity (Wildman–Crippen MR) is 76.1 cm³/mol. The molecule has 3 nitrogen and oxygen atoms in total. The lowest BCUT2D eigenvalue weighted by molar-refractivity contribution is 0.520. The maximum Gasteiger partial charge on any atom is 0.124 e. The SMILES string of the molecule is CCCNC(Cc1ccc(F)cc1Cl)c1cnsn1. The van der Waals surface area contributed by atoms with Crippen molar-refractivity contribution in [3.05, 3.63) is 46.5 Å². The summed E-state index contributed by atoms with van der Waals surface area (Å²) in [5.41, 5.74) is 1.81. The topological polar surface area (TPSA) is 37.8 Å². The fraction of sp³-hybridized carbons (Fsp3) is 0.385. The fourth-order valence-corrected chi connectivity index (χ4v) is 2.55. The first-order valence-electron chi connectivity index (χ1n) is 6.15. The van der Waals surface area contributed by atoms with Crippen molar-refractivity contribution in [2.24, 2.45) is 0 Å². The van der Waals surface area contributed by atoms with Crippen LogP contribution in [0.2, 0.25) is 5.02 Å². The van der Waals surface area contributed by atoms with Crippen LogP contribution in [-0.4, -0.2) is 15.3 Å². The van der Waals surface area contributed by atoms with Gasteiger partial charge in [0.05, 0.1) is 29.7 Å². The monoisotopic (exact) mass is 299 g/mol. The molecule has 0 saturated heterocycles. The van der Waals surface area contributed by atoms with Crippen molar-refractivity contribution in [2.45, 2.75) is 25.8 Å². The quantitative estimate of drug-likeness (QED) is 0.885. The van der Waals surface area contributed by atoms with Crippen molar-refractivity contribution in [3.63, 3.8) is 0 Å². The highest BCUT2D eigenvalue weighted by atomic mass is 35.5. The molecule has 0 aliphatic rings. The zero-order valence-corrected chi connectivity index (χ0v) is 12.1. The Labute approximate surface area is 121 Å². The van der Waals surface area contributed by atoms with Crippen molar-refractivity contribution in [2.75, 3.05) is 6.54 Å². The molecule has 6 heteroatoms. The molecular weight excluding hydrogens is 285 g/mol. The molecule has 0 aliphatic heterocycles. The number of hydrogen-bond donors (Lipinski definition) is 1. The molecule has 2 aromatic rings. The summed E-state index contributed by atoms with van der Waals surface area (Å²) >= 11 is 7.25. The second-order valence-corrected chi connectivity index (χ2v) is 5.24. The molecule has 0 aliphatic carbocycles. The van der Waals surface area contributed by atoms with Crippen molar-refractivity contribution in [1.82, 2.24) is 14.1 Å². The summed E-state index contributed by atoms with van der Waals surface area (Å²) in [6, 6.07) is 4.55. The summed E-state index contributed by atoms with van der Waals surface area (Å²) in [5.74, 6) is -0.317. The molecule has 1 heterocycles. The normalized spacial score (nSPS) is 12.6. The minimum atomic E-state index is -0.317. The Hall–Kier alpha value is -1.04. The Balaban J connectivity index is 2.15.